The van der Waals surface area contributed by atoms with Crippen LogP contribution in [0.15, 0.2) is 30.3 Å². The van der Waals surface area contributed by atoms with Gasteiger partial charge < -0.3 is 29.1 Å². The molecule has 1 aliphatic carbocycles. The average molecular weight is 680 g/mol. The van der Waals surface area contributed by atoms with Crippen LogP contribution in [-0.2, 0) is 20.4 Å². The van der Waals surface area contributed by atoms with Crippen molar-refractivity contribution in [3.63, 3.8) is 0 Å². The topological polar surface area (TPSA) is 90.8 Å². The van der Waals surface area contributed by atoms with E-state index < -0.39 is 32.0 Å². The smallest absolute Gasteiger partial charge is 0.408 e. The number of hydrogen-bond acceptors (Lipinski definition) is 6. The van der Waals surface area contributed by atoms with Gasteiger partial charge in [-0.15, -0.1) is 0 Å². The Kier molecular flexibility index (Phi) is 10.4. The third-order valence-corrected chi connectivity index (χ3v) is 14.9. The van der Waals surface area contributed by atoms with E-state index in [2.05, 4.69) is 49.1 Å². The van der Waals surface area contributed by atoms with Gasteiger partial charge in [0.15, 0.2) is 8.32 Å². The lowest BCUT2D eigenvalue weighted by molar-refractivity contribution is 0.0500. The molecule has 2 N–H and O–H groups in total. The minimum atomic E-state index is -2.07. The van der Waals surface area contributed by atoms with E-state index in [0.717, 1.165) is 53.5 Å². The van der Waals surface area contributed by atoms with E-state index in [1.807, 2.05) is 39.0 Å². The number of aromatic nitrogens is 1. The van der Waals surface area contributed by atoms with E-state index in [4.69, 9.17) is 13.9 Å². The van der Waals surface area contributed by atoms with Crippen LogP contribution in [0.1, 0.15) is 114 Å². The van der Waals surface area contributed by atoms with Crippen LogP contribution in [0.5, 0.6) is 0 Å². The maximum atomic E-state index is 15.9. The highest BCUT2D eigenvalue weighted by Crippen LogP contribution is 2.48. The summed E-state index contributed by atoms with van der Waals surface area (Å²) in [5.74, 6) is -0.493. The van der Waals surface area contributed by atoms with Crippen molar-refractivity contribution < 1.29 is 27.9 Å². The summed E-state index contributed by atoms with van der Waals surface area (Å²) in [6.07, 6.45) is 5.61. The molecule has 1 amide bonds. The molecule has 48 heavy (non-hydrogen) atoms. The minimum absolute atomic E-state index is 0.0433. The van der Waals surface area contributed by atoms with Crippen LogP contribution in [0.2, 0.25) is 18.1 Å². The highest BCUT2D eigenvalue weighted by molar-refractivity contribution is 6.74. The zero-order valence-corrected chi connectivity index (χ0v) is 31.3. The van der Waals surface area contributed by atoms with Crippen molar-refractivity contribution in [1.82, 2.24) is 9.88 Å². The Morgan fingerprint density at radius 2 is 1.73 bits per heavy atom. The average Bonchev–Trinajstić information content (AvgIpc) is 3.32. The van der Waals surface area contributed by atoms with Crippen molar-refractivity contribution in [2.24, 2.45) is 0 Å². The number of amides is 1. The molecule has 1 saturated carbocycles. The molecule has 2 heterocycles. The van der Waals surface area contributed by atoms with Gasteiger partial charge in [0.2, 0.25) is 0 Å². The summed E-state index contributed by atoms with van der Waals surface area (Å²) in [5.41, 5.74) is 5.11. The summed E-state index contributed by atoms with van der Waals surface area (Å²) in [4.78, 5) is 25.7. The first kappa shape index (κ1) is 35.9. The maximum absolute atomic E-state index is 15.9. The van der Waals surface area contributed by atoms with E-state index in [-0.39, 0.29) is 16.8 Å². The second kappa shape index (κ2) is 13.9. The highest BCUT2D eigenvalue weighted by atomic mass is 28.4. The van der Waals surface area contributed by atoms with Crippen molar-refractivity contribution in [1.29, 1.82) is 0 Å². The molecule has 2 aliphatic rings. The largest absolute Gasteiger partial charge is 0.465 e. The molecule has 0 saturated heterocycles. The van der Waals surface area contributed by atoms with Crippen LogP contribution in [-0.4, -0.2) is 50.8 Å². The van der Waals surface area contributed by atoms with E-state index in [1.165, 1.54) is 25.2 Å². The van der Waals surface area contributed by atoms with Gasteiger partial charge in [0.25, 0.3) is 0 Å². The van der Waals surface area contributed by atoms with Crippen molar-refractivity contribution in [3.8, 4) is 11.3 Å². The summed E-state index contributed by atoms with van der Waals surface area (Å²) in [7, 11) is -0.676. The Labute approximate surface area is 286 Å². The molecule has 1 aliphatic heterocycles. The molecular formula is C38H54FN3O5Si. The van der Waals surface area contributed by atoms with Crippen LogP contribution < -0.4 is 10.6 Å². The number of anilines is 1. The first-order valence-corrected chi connectivity index (χ1v) is 20.4. The van der Waals surface area contributed by atoms with E-state index >= 15 is 4.39 Å². The number of halogens is 1. The monoisotopic (exact) mass is 679 g/mol. The summed E-state index contributed by atoms with van der Waals surface area (Å²) in [6, 6.07) is 8.50. The van der Waals surface area contributed by atoms with Gasteiger partial charge in [-0.25, -0.2) is 14.0 Å². The fraction of sp³-hybridized carbons (Fsp3) is 0.579. The van der Waals surface area contributed by atoms with Crippen LogP contribution in [0.3, 0.4) is 0 Å². The summed E-state index contributed by atoms with van der Waals surface area (Å²) in [5, 5.41) is 7.69. The first-order valence-electron chi connectivity index (χ1n) is 17.5. The van der Waals surface area contributed by atoms with Gasteiger partial charge in [0, 0.05) is 40.8 Å². The van der Waals surface area contributed by atoms with Gasteiger partial charge in [-0.1, -0.05) is 46.1 Å². The second-order valence-electron chi connectivity index (χ2n) is 15.9. The minimum Gasteiger partial charge on any atom is -0.465 e. The fourth-order valence-corrected chi connectivity index (χ4v) is 7.97. The lowest BCUT2D eigenvalue weighted by Crippen LogP contribution is -2.41. The van der Waals surface area contributed by atoms with Gasteiger partial charge in [0.05, 0.1) is 31.0 Å². The van der Waals surface area contributed by atoms with E-state index in [9.17, 15) is 9.59 Å². The number of carbonyl (C=O) groups excluding carboxylic acids is 2. The van der Waals surface area contributed by atoms with Gasteiger partial charge >= 0.3 is 12.1 Å². The number of methoxy groups -OCH3 is 1. The molecule has 1 unspecified atom stereocenters. The van der Waals surface area contributed by atoms with Crippen molar-refractivity contribution in [2.75, 3.05) is 25.6 Å². The number of carbonyl (C=O) groups is 2. The quantitative estimate of drug-likeness (QED) is 0.182. The standard InChI is InChI=1S/C38H54FN3O5Si/c1-37(2,3)47-36(44)41-30-17-18-40-33-28(30)22-26(39)23-29(33)34-32(24-13-11-10-12-14-24)27-16-15-25(35(43)45-7)21-31(27)42(34)19-20-46-48(8,9)38(4,5)6/h15-16,21-24,30,40H,10-14,17-20H2,1-9H3,(H,41,44). The summed E-state index contributed by atoms with van der Waals surface area (Å²) in [6.45, 7) is 18.3. The molecule has 0 spiro atoms. The molecule has 262 valence electrons. The zero-order chi connectivity index (χ0) is 35.0. The molecule has 10 heteroatoms. The molecular weight excluding hydrogens is 626 g/mol. The SMILES string of the molecule is COC(=O)c1ccc2c(C3CCCCC3)c(-c3cc(F)cc4c3NCCC4NC(=O)OC(C)(C)C)n(CCO[Si](C)(C)C(C)(C)C)c2c1. The predicted octanol–water partition coefficient (Wildman–Crippen LogP) is 9.68. The molecule has 1 aromatic heterocycles. The van der Waals surface area contributed by atoms with Gasteiger partial charge in [0.1, 0.15) is 11.4 Å². The lowest BCUT2D eigenvalue weighted by Gasteiger charge is -2.36. The number of alkyl carbamates (subject to hydrolysis) is 1. The number of rotatable bonds is 8. The zero-order valence-electron chi connectivity index (χ0n) is 30.3. The van der Waals surface area contributed by atoms with Gasteiger partial charge in [-0.2, -0.15) is 0 Å². The number of fused-ring (bicyclic) bond motifs is 2. The van der Waals surface area contributed by atoms with E-state index in [1.54, 1.807) is 6.07 Å². The van der Waals surface area contributed by atoms with Gasteiger partial charge in [-0.05, 0) is 93.9 Å². The third kappa shape index (κ3) is 7.59. The molecule has 1 fully saturated rings. The first-order chi connectivity index (χ1) is 22.5. The molecule has 2 aromatic carbocycles. The van der Waals surface area contributed by atoms with Crippen molar-refractivity contribution in [3.05, 3.63) is 52.8 Å². The predicted molar refractivity (Wildman–Crippen MR) is 193 cm³/mol. The number of esters is 1. The van der Waals surface area contributed by atoms with Crippen molar-refractivity contribution >= 4 is 37.0 Å². The van der Waals surface area contributed by atoms with Crippen LogP contribution in [0.4, 0.5) is 14.9 Å². The number of hydrogen-bond donors (Lipinski definition) is 2. The Morgan fingerprint density at radius 1 is 1.02 bits per heavy atom. The van der Waals surface area contributed by atoms with Gasteiger partial charge in [-0.3, -0.25) is 0 Å². The molecule has 5 rings (SSSR count). The number of ether oxygens (including phenoxy) is 2. The van der Waals surface area contributed by atoms with E-state index in [0.29, 0.717) is 37.2 Å². The normalized spacial score (nSPS) is 17.5. The second-order valence-corrected chi connectivity index (χ2v) is 20.7. The number of nitrogens with one attached hydrogen (secondary N) is 2. The highest BCUT2D eigenvalue weighted by Gasteiger charge is 2.37. The Hall–Kier alpha value is -3.37. The summed E-state index contributed by atoms with van der Waals surface area (Å²) >= 11 is 0. The molecule has 0 bridgehead atoms. The molecule has 3 aromatic rings. The molecule has 0 radical (unpaired) electrons. The Morgan fingerprint density at radius 3 is 2.38 bits per heavy atom. The Balaban J connectivity index is 1.72. The Bertz CT molecular complexity index is 1660. The molecule has 8 nitrogen and oxygen atoms in total. The number of benzene rings is 2. The fourth-order valence-electron chi connectivity index (χ4n) is 6.94. The molecule has 1 atom stereocenters. The summed E-state index contributed by atoms with van der Waals surface area (Å²) < 4.78 is 35.5. The van der Waals surface area contributed by atoms with Crippen LogP contribution in [0.25, 0.3) is 22.2 Å². The third-order valence-electron chi connectivity index (χ3n) is 10.3. The number of nitrogens with zero attached hydrogens (tertiary/aromatic N) is 1. The van der Waals surface area contributed by atoms with Crippen LogP contribution >= 0.6 is 0 Å². The maximum Gasteiger partial charge on any atom is 0.408 e. The van der Waals surface area contributed by atoms with Crippen LogP contribution in [0, 0.1) is 5.82 Å². The lowest BCUT2D eigenvalue weighted by atomic mass is 9.81. The van der Waals surface area contributed by atoms with Crippen molar-refractivity contribution in [2.45, 2.75) is 122 Å².